The summed E-state index contributed by atoms with van der Waals surface area (Å²) in [6.45, 7) is 2.30. The second-order valence-electron chi connectivity index (χ2n) is 4.37. The number of allylic oxidation sites excluding steroid dienone is 1. The van der Waals surface area contributed by atoms with Gasteiger partial charge in [-0.05, 0) is 19.4 Å². The molecule has 1 aliphatic heterocycles. The predicted octanol–water partition coefficient (Wildman–Crippen LogP) is 1.30. The third-order valence-electron chi connectivity index (χ3n) is 3.30. The third kappa shape index (κ3) is 2.18. The van der Waals surface area contributed by atoms with Crippen molar-refractivity contribution in [3.63, 3.8) is 0 Å². The fourth-order valence-electron chi connectivity index (χ4n) is 2.26. The maximum atomic E-state index is 11.1. The smallest absolute Gasteiger partial charge is 0.407 e. The molecule has 1 fully saturated rings. The molecule has 2 N–H and O–H groups in total. The van der Waals surface area contributed by atoms with Crippen molar-refractivity contribution < 1.29 is 24.5 Å². The monoisotopic (exact) mass is 253 g/mol. The number of amides is 1. The molecule has 0 bridgehead atoms. The van der Waals surface area contributed by atoms with E-state index in [-0.39, 0.29) is 19.2 Å². The topological polar surface area (TPSA) is 87.1 Å². The van der Waals surface area contributed by atoms with Gasteiger partial charge in [-0.2, -0.15) is 0 Å². The third-order valence-corrected chi connectivity index (χ3v) is 3.30. The summed E-state index contributed by atoms with van der Waals surface area (Å²) in [6.07, 6.45) is 2.71. The van der Waals surface area contributed by atoms with Gasteiger partial charge in [-0.1, -0.05) is 6.08 Å². The van der Waals surface area contributed by atoms with Crippen LogP contribution < -0.4 is 0 Å². The summed E-state index contributed by atoms with van der Waals surface area (Å²) in [5.41, 5.74) is 0.757. The van der Waals surface area contributed by atoms with Gasteiger partial charge in [-0.3, -0.25) is 9.69 Å². The number of carboxylic acids is 1. The van der Waals surface area contributed by atoms with Gasteiger partial charge in [-0.15, -0.1) is 0 Å². The number of carboxylic acid groups (broad SMARTS) is 2. The van der Waals surface area contributed by atoms with Crippen LogP contribution in [-0.2, 0) is 9.53 Å². The van der Waals surface area contributed by atoms with Crippen LogP contribution >= 0.6 is 0 Å². The zero-order valence-corrected chi connectivity index (χ0v) is 10.00. The van der Waals surface area contributed by atoms with Crippen molar-refractivity contribution in [3.05, 3.63) is 23.5 Å². The maximum absolute atomic E-state index is 11.1. The maximum Gasteiger partial charge on any atom is 0.407 e. The van der Waals surface area contributed by atoms with E-state index < -0.39 is 18.0 Å². The minimum absolute atomic E-state index is 0.242. The van der Waals surface area contributed by atoms with Crippen molar-refractivity contribution in [1.29, 1.82) is 0 Å². The molecule has 1 heterocycles. The minimum atomic E-state index is -0.992. The Bertz CT molecular complexity index is 440. The Balaban J connectivity index is 2.27. The lowest BCUT2D eigenvalue weighted by molar-refractivity contribution is -0.140. The number of hydrogen-bond acceptors (Lipinski definition) is 3. The molecule has 6 heteroatoms. The molecule has 18 heavy (non-hydrogen) atoms. The van der Waals surface area contributed by atoms with Crippen molar-refractivity contribution in [2.45, 2.75) is 19.4 Å². The van der Waals surface area contributed by atoms with Gasteiger partial charge in [-0.25, -0.2) is 4.79 Å². The molecule has 2 aliphatic rings. The fourth-order valence-corrected chi connectivity index (χ4v) is 2.26. The van der Waals surface area contributed by atoms with Crippen molar-refractivity contribution in [2.75, 3.05) is 13.2 Å². The summed E-state index contributed by atoms with van der Waals surface area (Å²) in [4.78, 5) is 23.3. The van der Waals surface area contributed by atoms with Crippen LogP contribution in [-0.4, -0.2) is 46.4 Å². The SMILES string of the molecule is C[C@@H]1C2=CCC(C(=O)O)C=C2OCCN1C(=O)O. The number of nitrogens with zero attached hydrogens (tertiary/aromatic N) is 1. The Labute approximate surface area is 104 Å². The molecule has 0 spiro atoms. The van der Waals surface area contributed by atoms with Crippen LogP contribution in [0.5, 0.6) is 0 Å². The predicted molar refractivity (Wildman–Crippen MR) is 62.1 cm³/mol. The second-order valence-corrected chi connectivity index (χ2v) is 4.37. The number of hydrogen-bond donors (Lipinski definition) is 2. The van der Waals surface area contributed by atoms with Gasteiger partial charge in [0.2, 0.25) is 0 Å². The Morgan fingerprint density at radius 1 is 1.44 bits per heavy atom. The van der Waals surface area contributed by atoms with E-state index in [9.17, 15) is 9.59 Å². The number of ether oxygens (including phenoxy) is 1. The number of aliphatic carboxylic acids is 1. The molecule has 1 aliphatic carbocycles. The van der Waals surface area contributed by atoms with Crippen molar-refractivity contribution in [3.8, 4) is 0 Å². The summed E-state index contributed by atoms with van der Waals surface area (Å²) >= 11 is 0. The van der Waals surface area contributed by atoms with E-state index in [0.717, 1.165) is 5.57 Å². The molecular weight excluding hydrogens is 238 g/mol. The molecule has 0 saturated carbocycles. The summed E-state index contributed by atoms with van der Waals surface area (Å²) in [5, 5.41) is 18.1. The van der Waals surface area contributed by atoms with E-state index >= 15 is 0 Å². The number of rotatable bonds is 1. The molecule has 6 nitrogen and oxygen atoms in total. The highest BCUT2D eigenvalue weighted by molar-refractivity contribution is 5.73. The average molecular weight is 253 g/mol. The lowest BCUT2D eigenvalue weighted by atomic mass is 9.92. The molecule has 98 valence electrons. The van der Waals surface area contributed by atoms with E-state index in [1.165, 1.54) is 4.90 Å². The highest BCUT2D eigenvalue weighted by Crippen LogP contribution is 2.30. The van der Waals surface area contributed by atoms with Crippen LogP contribution in [0, 0.1) is 5.92 Å². The fraction of sp³-hybridized carbons (Fsp3) is 0.500. The summed E-state index contributed by atoms with van der Waals surface area (Å²) in [6, 6.07) is -0.314. The van der Waals surface area contributed by atoms with E-state index in [0.29, 0.717) is 12.2 Å². The molecule has 1 amide bonds. The molecule has 0 aromatic rings. The number of fused-ring (bicyclic) bond motifs is 1. The zero-order valence-electron chi connectivity index (χ0n) is 10.00. The lowest BCUT2D eigenvalue weighted by Crippen LogP contribution is -2.39. The molecule has 0 aromatic carbocycles. The van der Waals surface area contributed by atoms with Gasteiger partial charge >= 0.3 is 12.1 Å². The largest absolute Gasteiger partial charge is 0.492 e. The van der Waals surface area contributed by atoms with Crippen LogP contribution in [0.25, 0.3) is 0 Å². The van der Waals surface area contributed by atoms with E-state index in [1.54, 1.807) is 19.1 Å². The molecule has 1 saturated heterocycles. The zero-order chi connectivity index (χ0) is 13.3. The van der Waals surface area contributed by atoms with Crippen molar-refractivity contribution in [2.24, 2.45) is 5.92 Å². The van der Waals surface area contributed by atoms with Gasteiger partial charge in [0.1, 0.15) is 12.4 Å². The molecule has 2 rings (SSSR count). The van der Waals surface area contributed by atoms with Crippen LogP contribution in [0.3, 0.4) is 0 Å². The number of carbonyl (C=O) groups is 2. The first-order chi connectivity index (χ1) is 8.50. The van der Waals surface area contributed by atoms with Gasteiger partial charge in [0.05, 0.1) is 18.5 Å². The minimum Gasteiger partial charge on any atom is -0.492 e. The summed E-state index contributed by atoms with van der Waals surface area (Å²) in [5.74, 6) is -0.981. The normalized spacial score (nSPS) is 27.3. The Kier molecular flexibility index (Phi) is 3.27. The van der Waals surface area contributed by atoms with Crippen LogP contribution in [0.15, 0.2) is 23.5 Å². The lowest BCUT2D eigenvalue weighted by Gasteiger charge is -2.26. The highest BCUT2D eigenvalue weighted by Gasteiger charge is 2.32. The molecule has 2 atom stereocenters. The standard InChI is InChI=1S/C12H15NO5/c1-7-9-3-2-8(11(14)15)6-10(9)18-5-4-13(7)12(16)17/h3,6-8H,2,4-5H2,1H3,(H,14,15)(H,16,17)/t7-,8?/m1/s1. The van der Waals surface area contributed by atoms with Gasteiger partial charge in [0.25, 0.3) is 0 Å². The van der Waals surface area contributed by atoms with Crippen molar-refractivity contribution >= 4 is 12.1 Å². The Morgan fingerprint density at radius 3 is 2.78 bits per heavy atom. The first-order valence-corrected chi connectivity index (χ1v) is 5.78. The van der Waals surface area contributed by atoms with Gasteiger partial charge in [0, 0.05) is 5.57 Å². The molecular formula is C12H15NO5. The van der Waals surface area contributed by atoms with Crippen LogP contribution in [0.1, 0.15) is 13.3 Å². The quantitative estimate of drug-likeness (QED) is 0.735. The highest BCUT2D eigenvalue weighted by atomic mass is 16.5. The van der Waals surface area contributed by atoms with Gasteiger partial charge < -0.3 is 14.9 Å². The van der Waals surface area contributed by atoms with Crippen LogP contribution in [0.4, 0.5) is 4.79 Å². The van der Waals surface area contributed by atoms with Crippen molar-refractivity contribution in [1.82, 2.24) is 4.90 Å². The molecule has 0 radical (unpaired) electrons. The van der Waals surface area contributed by atoms with E-state index in [1.807, 2.05) is 0 Å². The Morgan fingerprint density at radius 2 is 2.17 bits per heavy atom. The van der Waals surface area contributed by atoms with E-state index in [2.05, 4.69) is 0 Å². The Hall–Kier alpha value is -1.98. The second kappa shape index (κ2) is 4.72. The summed E-state index contributed by atoms with van der Waals surface area (Å²) < 4.78 is 5.46. The molecule has 1 unspecified atom stereocenters. The van der Waals surface area contributed by atoms with E-state index in [4.69, 9.17) is 14.9 Å². The first-order valence-electron chi connectivity index (χ1n) is 5.78. The molecule has 0 aromatic heterocycles. The average Bonchev–Trinajstić information content (AvgIpc) is 2.48. The first kappa shape index (κ1) is 12.5. The van der Waals surface area contributed by atoms with Crippen LogP contribution in [0.2, 0.25) is 0 Å². The summed E-state index contributed by atoms with van der Waals surface area (Å²) in [7, 11) is 0. The van der Waals surface area contributed by atoms with Gasteiger partial charge in [0.15, 0.2) is 0 Å².